The van der Waals surface area contributed by atoms with E-state index in [4.69, 9.17) is 4.74 Å². The summed E-state index contributed by atoms with van der Waals surface area (Å²) in [5.41, 5.74) is 3.47. The average molecular weight is 271 g/mol. The lowest BCUT2D eigenvalue weighted by molar-refractivity contribution is 0.167. The van der Waals surface area contributed by atoms with E-state index in [1.165, 1.54) is 36.8 Å². The first-order chi connectivity index (χ1) is 9.83. The fraction of sp³-hybridized carbons (Fsp3) is 0.471. The van der Waals surface area contributed by atoms with Crippen molar-refractivity contribution in [3.8, 4) is 0 Å². The molecule has 2 heterocycles. The SMILES string of the molecule is CCCCCC/C=C1\c2ccccc2[C@@H]2COC(=O)N12. The van der Waals surface area contributed by atoms with Gasteiger partial charge in [0, 0.05) is 5.56 Å². The van der Waals surface area contributed by atoms with Crippen LogP contribution in [-0.2, 0) is 4.74 Å². The number of hydrogen-bond acceptors (Lipinski definition) is 2. The molecule has 1 aromatic carbocycles. The molecule has 3 nitrogen and oxygen atoms in total. The van der Waals surface area contributed by atoms with Gasteiger partial charge in [-0.15, -0.1) is 0 Å². The van der Waals surface area contributed by atoms with E-state index in [9.17, 15) is 4.79 Å². The zero-order chi connectivity index (χ0) is 13.9. The number of allylic oxidation sites excluding steroid dienone is 1. The molecule has 3 rings (SSSR count). The van der Waals surface area contributed by atoms with Crippen molar-refractivity contribution < 1.29 is 9.53 Å². The Morgan fingerprint density at radius 3 is 3.00 bits per heavy atom. The molecule has 0 N–H and O–H groups in total. The first kappa shape index (κ1) is 13.2. The molecule has 1 aromatic rings. The highest BCUT2D eigenvalue weighted by molar-refractivity contribution is 5.88. The zero-order valence-electron chi connectivity index (χ0n) is 12.0. The normalized spacial score (nSPS) is 22.1. The summed E-state index contributed by atoms with van der Waals surface area (Å²) in [6.07, 6.45) is 8.02. The Balaban J connectivity index is 1.81. The Morgan fingerprint density at radius 2 is 2.15 bits per heavy atom. The minimum atomic E-state index is -0.203. The smallest absolute Gasteiger partial charge is 0.415 e. The van der Waals surface area contributed by atoms with Crippen molar-refractivity contribution in [2.24, 2.45) is 0 Å². The molecule has 20 heavy (non-hydrogen) atoms. The van der Waals surface area contributed by atoms with E-state index >= 15 is 0 Å². The monoisotopic (exact) mass is 271 g/mol. The highest BCUT2D eigenvalue weighted by Gasteiger charge is 2.43. The second-order valence-electron chi connectivity index (χ2n) is 5.49. The summed E-state index contributed by atoms with van der Waals surface area (Å²) < 4.78 is 5.20. The number of hydrogen-bond donors (Lipinski definition) is 0. The molecule has 1 atom stereocenters. The number of unbranched alkanes of at least 4 members (excludes halogenated alkanes) is 4. The number of benzene rings is 1. The lowest BCUT2D eigenvalue weighted by atomic mass is 10.0. The molecule has 0 radical (unpaired) electrons. The summed E-state index contributed by atoms with van der Waals surface area (Å²) in [5.74, 6) is 0. The van der Waals surface area contributed by atoms with Crippen LogP contribution in [0.15, 0.2) is 30.3 Å². The number of fused-ring (bicyclic) bond motifs is 3. The maximum Gasteiger partial charge on any atom is 0.415 e. The molecule has 1 amide bonds. The molecule has 1 fully saturated rings. The minimum absolute atomic E-state index is 0.0839. The summed E-state index contributed by atoms with van der Waals surface area (Å²) in [5, 5.41) is 0. The van der Waals surface area contributed by atoms with Crippen LogP contribution in [0, 0.1) is 0 Å². The average Bonchev–Trinajstić information content (AvgIpc) is 2.99. The van der Waals surface area contributed by atoms with Gasteiger partial charge in [0.2, 0.25) is 0 Å². The molecule has 0 bridgehead atoms. The van der Waals surface area contributed by atoms with Crippen LogP contribution in [0.4, 0.5) is 4.79 Å². The molecule has 0 spiro atoms. The first-order valence-corrected chi connectivity index (χ1v) is 7.58. The lowest BCUT2D eigenvalue weighted by Gasteiger charge is -2.14. The second-order valence-corrected chi connectivity index (χ2v) is 5.49. The Bertz CT molecular complexity index is 536. The van der Waals surface area contributed by atoms with E-state index in [1.807, 2.05) is 17.0 Å². The van der Waals surface area contributed by atoms with Gasteiger partial charge in [-0.05, 0) is 18.4 Å². The van der Waals surface area contributed by atoms with Gasteiger partial charge in [-0.1, -0.05) is 56.5 Å². The van der Waals surface area contributed by atoms with Crippen LogP contribution in [0.1, 0.15) is 56.2 Å². The van der Waals surface area contributed by atoms with Crippen molar-refractivity contribution in [2.75, 3.05) is 6.61 Å². The molecular formula is C17H21NO2. The fourth-order valence-corrected chi connectivity index (χ4v) is 3.09. The summed E-state index contributed by atoms with van der Waals surface area (Å²) in [4.78, 5) is 13.8. The van der Waals surface area contributed by atoms with Crippen molar-refractivity contribution in [3.63, 3.8) is 0 Å². The van der Waals surface area contributed by atoms with Gasteiger partial charge in [0.15, 0.2) is 0 Å². The summed E-state index contributed by atoms with van der Waals surface area (Å²) in [6, 6.07) is 8.37. The van der Waals surface area contributed by atoms with Crippen LogP contribution in [0.5, 0.6) is 0 Å². The van der Waals surface area contributed by atoms with Crippen LogP contribution in [0.2, 0.25) is 0 Å². The van der Waals surface area contributed by atoms with Gasteiger partial charge in [0.1, 0.15) is 12.6 Å². The molecule has 1 saturated heterocycles. The maximum atomic E-state index is 11.9. The van der Waals surface area contributed by atoms with Crippen molar-refractivity contribution >= 4 is 11.8 Å². The van der Waals surface area contributed by atoms with E-state index in [-0.39, 0.29) is 12.1 Å². The molecule has 0 saturated carbocycles. The fourth-order valence-electron chi connectivity index (χ4n) is 3.09. The van der Waals surface area contributed by atoms with Gasteiger partial charge in [-0.3, -0.25) is 4.90 Å². The standard InChI is InChI=1S/C17H21NO2/c1-2-3-4-5-6-11-15-13-9-7-8-10-14(13)16-12-20-17(19)18(15)16/h7-11,16H,2-6,12H2,1H3/b15-11+/t16-/m0/s1. The van der Waals surface area contributed by atoms with Crippen LogP contribution < -0.4 is 0 Å². The molecule has 106 valence electrons. The van der Waals surface area contributed by atoms with Crippen LogP contribution in [0.25, 0.3) is 5.70 Å². The molecule has 3 heteroatoms. The molecule has 0 unspecified atom stereocenters. The Labute approximate surface area is 120 Å². The Morgan fingerprint density at radius 1 is 1.30 bits per heavy atom. The summed E-state index contributed by atoms with van der Waals surface area (Å²) in [7, 11) is 0. The first-order valence-electron chi connectivity index (χ1n) is 7.58. The third-order valence-corrected chi connectivity index (χ3v) is 4.12. The predicted molar refractivity (Wildman–Crippen MR) is 79.1 cm³/mol. The zero-order valence-corrected chi connectivity index (χ0v) is 12.0. The number of nitrogens with zero attached hydrogens (tertiary/aromatic N) is 1. The predicted octanol–water partition coefficient (Wildman–Crippen LogP) is 4.50. The second kappa shape index (κ2) is 5.70. The van der Waals surface area contributed by atoms with Crippen molar-refractivity contribution in [1.29, 1.82) is 0 Å². The number of cyclic esters (lactones) is 1. The Kier molecular flexibility index (Phi) is 3.77. The molecule has 0 aliphatic carbocycles. The number of amides is 1. The van der Waals surface area contributed by atoms with Crippen LogP contribution in [-0.4, -0.2) is 17.6 Å². The van der Waals surface area contributed by atoms with Gasteiger partial charge in [-0.2, -0.15) is 0 Å². The van der Waals surface area contributed by atoms with Gasteiger partial charge in [0.25, 0.3) is 0 Å². The van der Waals surface area contributed by atoms with Crippen molar-refractivity contribution in [2.45, 2.75) is 45.1 Å². The number of carbonyl (C=O) groups is 1. The topological polar surface area (TPSA) is 29.5 Å². The van der Waals surface area contributed by atoms with E-state index in [1.54, 1.807) is 0 Å². The number of rotatable bonds is 5. The molecular weight excluding hydrogens is 250 g/mol. The van der Waals surface area contributed by atoms with Gasteiger partial charge in [-0.25, -0.2) is 4.79 Å². The third-order valence-electron chi connectivity index (χ3n) is 4.12. The van der Waals surface area contributed by atoms with E-state index in [0.717, 1.165) is 12.1 Å². The highest BCUT2D eigenvalue weighted by atomic mass is 16.6. The molecule has 2 aliphatic heterocycles. The minimum Gasteiger partial charge on any atom is -0.447 e. The molecule has 2 aliphatic rings. The van der Waals surface area contributed by atoms with Gasteiger partial charge < -0.3 is 4.74 Å². The quantitative estimate of drug-likeness (QED) is 0.738. The van der Waals surface area contributed by atoms with E-state index in [2.05, 4.69) is 25.1 Å². The maximum absolute atomic E-state index is 11.9. The van der Waals surface area contributed by atoms with Crippen LogP contribution in [0.3, 0.4) is 0 Å². The van der Waals surface area contributed by atoms with Crippen LogP contribution >= 0.6 is 0 Å². The highest BCUT2D eigenvalue weighted by Crippen LogP contribution is 2.45. The molecule has 0 aromatic heterocycles. The van der Waals surface area contributed by atoms with Crippen molar-refractivity contribution in [3.05, 3.63) is 41.5 Å². The van der Waals surface area contributed by atoms with Gasteiger partial charge in [0.05, 0.1) is 5.70 Å². The van der Waals surface area contributed by atoms with E-state index < -0.39 is 0 Å². The van der Waals surface area contributed by atoms with Crippen molar-refractivity contribution in [1.82, 2.24) is 4.90 Å². The van der Waals surface area contributed by atoms with E-state index in [0.29, 0.717) is 6.61 Å². The number of carbonyl (C=O) groups excluding carboxylic acids is 1. The summed E-state index contributed by atoms with van der Waals surface area (Å²) in [6.45, 7) is 2.69. The van der Waals surface area contributed by atoms with Gasteiger partial charge >= 0.3 is 6.09 Å². The number of ether oxygens (including phenoxy) is 1. The Hall–Kier alpha value is -1.77. The third kappa shape index (κ3) is 2.21. The summed E-state index contributed by atoms with van der Waals surface area (Å²) >= 11 is 0. The lowest BCUT2D eigenvalue weighted by Crippen LogP contribution is -2.19. The largest absolute Gasteiger partial charge is 0.447 e.